The summed E-state index contributed by atoms with van der Waals surface area (Å²) < 4.78 is 50.6. The van der Waals surface area contributed by atoms with Crippen molar-refractivity contribution in [2.75, 3.05) is 18.8 Å². The number of ether oxygens (including phenoxy) is 2. The minimum Gasteiger partial charge on any atom is -0.490 e. The maximum Gasteiger partial charge on any atom is 0.420 e. The fourth-order valence-corrected chi connectivity index (χ4v) is 2.67. The van der Waals surface area contributed by atoms with E-state index in [1.165, 1.54) is 4.90 Å². The fourth-order valence-electron chi connectivity index (χ4n) is 2.67. The Morgan fingerprint density at radius 2 is 1.85 bits per heavy atom. The highest BCUT2D eigenvalue weighted by molar-refractivity contribution is 5.68. The molecule has 27 heavy (non-hydrogen) atoms. The van der Waals surface area contributed by atoms with E-state index in [-0.39, 0.29) is 11.3 Å². The zero-order chi connectivity index (χ0) is 20.4. The molecule has 0 spiro atoms. The molecule has 1 heterocycles. The first-order valence-corrected chi connectivity index (χ1v) is 8.46. The van der Waals surface area contributed by atoms with E-state index in [4.69, 9.17) is 20.5 Å². The standard InChI is InChI=1S/C18H22F3N3O3/c1-17(2,3)27-16(25)24-6-4-12(5-7-24)26-15-9-14(23)11(10-22)8-13(15)18(19,20)21/h8-9,12H,4-7,23H2,1-3H3. The zero-order valence-corrected chi connectivity index (χ0v) is 15.4. The van der Waals surface area contributed by atoms with Crippen LogP contribution in [0.1, 0.15) is 44.7 Å². The van der Waals surface area contributed by atoms with Crippen LogP contribution in [0.4, 0.5) is 23.7 Å². The Balaban J connectivity index is 2.08. The molecule has 0 bridgehead atoms. The largest absolute Gasteiger partial charge is 0.490 e. The molecule has 0 aromatic heterocycles. The van der Waals surface area contributed by atoms with Crippen molar-refractivity contribution in [1.82, 2.24) is 4.90 Å². The van der Waals surface area contributed by atoms with Gasteiger partial charge in [-0.05, 0) is 26.8 Å². The van der Waals surface area contributed by atoms with Crippen LogP contribution in [-0.4, -0.2) is 35.8 Å². The maximum atomic E-state index is 13.3. The number of piperidine rings is 1. The number of anilines is 1. The summed E-state index contributed by atoms with van der Waals surface area (Å²) in [5.74, 6) is -0.408. The summed E-state index contributed by atoms with van der Waals surface area (Å²) in [6.45, 7) is 5.90. The van der Waals surface area contributed by atoms with Gasteiger partial charge in [-0.15, -0.1) is 0 Å². The van der Waals surface area contributed by atoms with Gasteiger partial charge in [-0.3, -0.25) is 0 Å². The smallest absolute Gasteiger partial charge is 0.420 e. The quantitative estimate of drug-likeness (QED) is 0.779. The Labute approximate surface area is 155 Å². The minimum atomic E-state index is -4.67. The second-order valence-corrected chi connectivity index (χ2v) is 7.33. The summed E-state index contributed by atoms with van der Waals surface area (Å²) in [6, 6.07) is 3.36. The molecule has 1 aliphatic rings. The van der Waals surface area contributed by atoms with E-state index < -0.39 is 35.3 Å². The number of nitriles is 1. The Hall–Kier alpha value is -2.63. The Kier molecular flexibility index (Phi) is 5.78. The lowest BCUT2D eigenvalue weighted by Gasteiger charge is -2.33. The molecule has 0 atom stereocenters. The normalized spacial score (nSPS) is 16.0. The molecular formula is C18H22F3N3O3. The molecule has 1 aromatic rings. The van der Waals surface area contributed by atoms with Gasteiger partial charge in [0.15, 0.2) is 0 Å². The third-order valence-electron chi connectivity index (χ3n) is 3.96. The first-order valence-electron chi connectivity index (χ1n) is 8.46. The van der Waals surface area contributed by atoms with Crippen molar-refractivity contribution in [1.29, 1.82) is 5.26 Å². The lowest BCUT2D eigenvalue weighted by molar-refractivity contribution is -0.139. The lowest BCUT2D eigenvalue weighted by atomic mass is 10.1. The first kappa shape index (κ1) is 20.7. The van der Waals surface area contributed by atoms with Gasteiger partial charge in [0.05, 0.1) is 16.8 Å². The number of rotatable bonds is 2. The molecule has 148 valence electrons. The molecule has 9 heteroatoms. The van der Waals surface area contributed by atoms with Gasteiger partial charge in [0, 0.05) is 32.0 Å². The number of amides is 1. The topological polar surface area (TPSA) is 88.6 Å². The SMILES string of the molecule is CC(C)(C)OC(=O)N1CCC(Oc2cc(N)c(C#N)cc2C(F)(F)F)CC1. The highest BCUT2D eigenvalue weighted by atomic mass is 19.4. The summed E-state index contributed by atoms with van der Waals surface area (Å²) in [6.07, 6.45) is -4.92. The average Bonchev–Trinajstić information content (AvgIpc) is 2.53. The van der Waals surface area contributed by atoms with Crippen molar-refractivity contribution in [3.63, 3.8) is 0 Å². The first-order chi connectivity index (χ1) is 12.4. The fraction of sp³-hybridized carbons (Fsp3) is 0.556. The van der Waals surface area contributed by atoms with Crippen molar-refractivity contribution < 1.29 is 27.4 Å². The molecule has 0 aliphatic carbocycles. The van der Waals surface area contributed by atoms with E-state index in [0.29, 0.717) is 32.0 Å². The number of nitrogens with zero attached hydrogens (tertiary/aromatic N) is 2. The van der Waals surface area contributed by atoms with E-state index in [9.17, 15) is 18.0 Å². The van der Waals surface area contributed by atoms with Gasteiger partial charge in [0.25, 0.3) is 0 Å². The van der Waals surface area contributed by atoms with E-state index in [2.05, 4.69) is 0 Å². The maximum absolute atomic E-state index is 13.3. The van der Waals surface area contributed by atoms with E-state index in [0.717, 1.165) is 6.07 Å². The number of carbonyl (C=O) groups excluding carboxylic acids is 1. The molecule has 1 amide bonds. The second kappa shape index (κ2) is 7.55. The molecule has 0 saturated carbocycles. The molecule has 1 aromatic carbocycles. The molecule has 2 rings (SSSR count). The molecule has 1 fully saturated rings. The van der Waals surface area contributed by atoms with Crippen LogP contribution in [0, 0.1) is 11.3 Å². The van der Waals surface area contributed by atoms with Crippen LogP contribution >= 0.6 is 0 Å². The Morgan fingerprint density at radius 3 is 2.33 bits per heavy atom. The summed E-state index contributed by atoms with van der Waals surface area (Å²) in [7, 11) is 0. The second-order valence-electron chi connectivity index (χ2n) is 7.33. The monoisotopic (exact) mass is 385 g/mol. The van der Waals surface area contributed by atoms with Gasteiger partial charge in [0.1, 0.15) is 23.5 Å². The number of carbonyl (C=O) groups is 1. The van der Waals surface area contributed by atoms with Crippen molar-refractivity contribution in [2.45, 2.75) is 51.5 Å². The number of hydrogen-bond donors (Lipinski definition) is 1. The van der Waals surface area contributed by atoms with E-state index in [1.54, 1.807) is 26.8 Å². The highest BCUT2D eigenvalue weighted by Crippen LogP contribution is 2.39. The molecule has 0 radical (unpaired) electrons. The van der Waals surface area contributed by atoms with Crippen molar-refractivity contribution >= 4 is 11.8 Å². The van der Waals surface area contributed by atoms with Crippen LogP contribution in [-0.2, 0) is 10.9 Å². The molecule has 0 unspecified atom stereocenters. The number of likely N-dealkylation sites (tertiary alicyclic amines) is 1. The van der Waals surface area contributed by atoms with Crippen LogP contribution in [0.15, 0.2) is 12.1 Å². The van der Waals surface area contributed by atoms with Crippen molar-refractivity contribution in [3.05, 3.63) is 23.3 Å². The Morgan fingerprint density at radius 1 is 1.26 bits per heavy atom. The number of hydrogen-bond acceptors (Lipinski definition) is 5. The van der Waals surface area contributed by atoms with Crippen LogP contribution in [0.25, 0.3) is 0 Å². The van der Waals surface area contributed by atoms with Crippen LogP contribution < -0.4 is 10.5 Å². The number of halogens is 3. The summed E-state index contributed by atoms with van der Waals surface area (Å²) in [4.78, 5) is 13.5. The van der Waals surface area contributed by atoms with Crippen LogP contribution in [0.3, 0.4) is 0 Å². The summed E-state index contributed by atoms with van der Waals surface area (Å²) >= 11 is 0. The molecular weight excluding hydrogens is 363 g/mol. The summed E-state index contributed by atoms with van der Waals surface area (Å²) in [5.41, 5.74) is 3.64. The number of nitrogen functional groups attached to an aromatic ring is 1. The lowest BCUT2D eigenvalue weighted by Crippen LogP contribution is -2.44. The predicted molar refractivity (Wildman–Crippen MR) is 92.0 cm³/mol. The zero-order valence-electron chi connectivity index (χ0n) is 15.4. The van der Waals surface area contributed by atoms with Crippen LogP contribution in [0.5, 0.6) is 5.75 Å². The number of benzene rings is 1. The van der Waals surface area contributed by atoms with Gasteiger partial charge in [0.2, 0.25) is 0 Å². The minimum absolute atomic E-state index is 0.0771. The van der Waals surface area contributed by atoms with Gasteiger partial charge in [-0.2, -0.15) is 18.4 Å². The molecule has 1 aliphatic heterocycles. The highest BCUT2D eigenvalue weighted by Gasteiger charge is 2.36. The van der Waals surface area contributed by atoms with Crippen LogP contribution in [0.2, 0.25) is 0 Å². The third kappa shape index (κ3) is 5.42. The van der Waals surface area contributed by atoms with Gasteiger partial charge >= 0.3 is 12.3 Å². The van der Waals surface area contributed by atoms with Gasteiger partial charge < -0.3 is 20.1 Å². The number of nitrogens with two attached hydrogens (primary N) is 1. The average molecular weight is 385 g/mol. The third-order valence-corrected chi connectivity index (χ3v) is 3.96. The Bertz CT molecular complexity index is 743. The summed E-state index contributed by atoms with van der Waals surface area (Å²) in [5, 5.41) is 8.90. The molecule has 1 saturated heterocycles. The van der Waals surface area contributed by atoms with E-state index in [1.807, 2.05) is 0 Å². The number of alkyl halides is 3. The molecule has 2 N–H and O–H groups in total. The van der Waals surface area contributed by atoms with Gasteiger partial charge in [-0.1, -0.05) is 0 Å². The predicted octanol–water partition coefficient (Wildman–Crippen LogP) is 3.94. The van der Waals surface area contributed by atoms with Gasteiger partial charge in [-0.25, -0.2) is 4.79 Å². The van der Waals surface area contributed by atoms with E-state index >= 15 is 0 Å². The van der Waals surface area contributed by atoms with Crippen molar-refractivity contribution in [3.8, 4) is 11.8 Å². The molecule has 6 nitrogen and oxygen atoms in total. The van der Waals surface area contributed by atoms with Crippen molar-refractivity contribution in [2.24, 2.45) is 0 Å².